The third-order valence-electron chi connectivity index (χ3n) is 4.26. The van der Waals surface area contributed by atoms with Crippen LogP contribution in [0.5, 0.6) is 0 Å². The lowest BCUT2D eigenvalue weighted by Gasteiger charge is -2.36. The van der Waals surface area contributed by atoms with Crippen molar-refractivity contribution in [1.82, 2.24) is 0 Å². The smallest absolute Gasteiger partial charge is 0.308 e. The molecule has 1 saturated heterocycles. The topological polar surface area (TPSA) is 74.2 Å². The van der Waals surface area contributed by atoms with Crippen LogP contribution in [0.25, 0.3) is 0 Å². The molecule has 1 aliphatic rings. The van der Waals surface area contributed by atoms with E-state index >= 15 is 0 Å². The van der Waals surface area contributed by atoms with Crippen LogP contribution in [0.2, 0.25) is 0 Å². The lowest BCUT2D eigenvalue weighted by Crippen LogP contribution is -2.45. The predicted octanol–water partition coefficient (Wildman–Crippen LogP) is 1.69. The van der Waals surface area contributed by atoms with Crippen molar-refractivity contribution >= 4 is 5.97 Å². The minimum atomic E-state index is -0.529. The molecule has 0 bridgehead atoms. The first-order valence-corrected chi connectivity index (χ1v) is 8.72. The summed E-state index contributed by atoms with van der Waals surface area (Å²) in [5.41, 5.74) is 1.06. The maximum Gasteiger partial charge on any atom is 0.308 e. The molecule has 1 N–H and O–H groups in total. The van der Waals surface area contributed by atoms with Gasteiger partial charge in [-0.3, -0.25) is 4.79 Å². The van der Waals surface area contributed by atoms with E-state index in [9.17, 15) is 9.90 Å². The van der Waals surface area contributed by atoms with Gasteiger partial charge < -0.3 is 24.1 Å². The van der Waals surface area contributed by atoms with Gasteiger partial charge >= 0.3 is 5.97 Å². The lowest BCUT2D eigenvalue weighted by atomic mass is 9.99. The molecule has 2 rings (SSSR count). The number of hydrogen-bond acceptors (Lipinski definition) is 6. The molecule has 1 unspecified atom stereocenters. The van der Waals surface area contributed by atoms with Gasteiger partial charge in [-0.2, -0.15) is 0 Å². The van der Waals surface area contributed by atoms with E-state index in [1.54, 1.807) is 0 Å². The van der Waals surface area contributed by atoms with Crippen LogP contribution in [-0.2, 0) is 30.3 Å². The van der Waals surface area contributed by atoms with Crippen molar-refractivity contribution in [2.45, 2.75) is 50.3 Å². The van der Waals surface area contributed by atoms with Crippen LogP contribution < -0.4 is 0 Å². The molecule has 1 heterocycles. The summed E-state index contributed by atoms with van der Waals surface area (Å²) in [5, 5.41) is 9.58. The van der Waals surface area contributed by atoms with Gasteiger partial charge in [-0.15, -0.1) is 6.42 Å². The first-order valence-electron chi connectivity index (χ1n) is 8.72. The zero-order chi connectivity index (χ0) is 18.8. The number of terminal acetylenes is 1. The molecule has 0 saturated carbocycles. The fraction of sp³-hybridized carbons (Fsp3) is 0.550. The third-order valence-corrected chi connectivity index (χ3v) is 4.26. The highest BCUT2D eigenvalue weighted by Gasteiger charge is 2.34. The normalized spacial score (nSPS) is 23.8. The summed E-state index contributed by atoms with van der Waals surface area (Å²) in [7, 11) is 1.34. The molecule has 6 nitrogen and oxygen atoms in total. The van der Waals surface area contributed by atoms with Gasteiger partial charge in [0.1, 0.15) is 12.2 Å². The molecule has 1 aliphatic heterocycles. The summed E-state index contributed by atoms with van der Waals surface area (Å²) in [6.45, 7) is 0.504. The Kier molecular flexibility index (Phi) is 8.59. The van der Waals surface area contributed by atoms with Crippen LogP contribution in [0.3, 0.4) is 0 Å². The number of rotatable bonds is 9. The van der Waals surface area contributed by atoms with Gasteiger partial charge in [-0.1, -0.05) is 36.3 Å². The number of carbonyl (C=O) groups is 1. The van der Waals surface area contributed by atoms with Crippen molar-refractivity contribution in [3.63, 3.8) is 0 Å². The van der Waals surface area contributed by atoms with E-state index in [-0.39, 0.29) is 37.8 Å². The van der Waals surface area contributed by atoms with Gasteiger partial charge in [-0.05, 0) is 18.4 Å². The zero-order valence-corrected chi connectivity index (χ0v) is 15.0. The number of aliphatic hydroxyl groups excluding tert-OH is 1. The highest BCUT2D eigenvalue weighted by molar-refractivity contribution is 5.69. The van der Waals surface area contributed by atoms with Crippen LogP contribution >= 0.6 is 0 Å². The Morgan fingerprint density at radius 3 is 2.81 bits per heavy atom. The van der Waals surface area contributed by atoms with Crippen LogP contribution in [0.1, 0.15) is 24.8 Å². The van der Waals surface area contributed by atoms with E-state index in [2.05, 4.69) is 10.7 Å². The number of benzene rings is 1. The average molecular weight is 362 g/mol. The SMILES string of the molecule is C#CC(COCc1ccccc1)O[C@H]1CC[C@H](CC(=O)OC)O[C@@H]1CO. The second kappa shape index (κ2) is 10.9. The van der Waals surface area contributed by atoms with Gasteiger partial charge in [0, 0.05) is 0 Å². The highest BCUT2D eigenvalue weighted by Crippen LogP contribution is 2.25. The Hall–Kier alpha value is -1.91. The Morgan fingerprint density at radius 2 is 2.15 bits per heavy atom. The molecule has 1 fully saturated rings. The number of aliphatic hydroxyl groups is 1. The molecule has 0 radical (unpaired) electrons. The van der Waals surface area contributed by atoms with Crippen molar-refractivity contribution in [3.8, 4) is 12.3 Å². The lowest BCUT2D eigenvalue weighted by molar-refractivity contribution is -0.176. The van der Waals surface area contributed by atoms with Crippen molar-refractivity contribution in [3.05, 3.63) is 35.9 Å². The van der Waals surface area contributed by atoms with Crippen LogP contribution in [-0.4, -0.2) is 55.8 Å². The summed E-state index contributed by atoms with van der Waals surface area (Å²) >= 11 is 0. The summed E-state index contributed by atoms with van der Waals surface area (Å²) < 4.78 is 21.9. The van der Waals surface area contributed by atoms with Crippen molar-refractivity contribution < 1.29 is 28.8 Å². The van der Waals surface area contributed by atoms with Gasteiger partial charge in [0.05, 0.1) is 45.6 Å². The summed E-state index contributed by atoms with van der Waals surface area (Å²) in [6.07, 6.45) is 5.32. The summed E-state index contributed by atoms with van der Waals surface area (Å²) in [6, 6.07) is 9.80. The number of ether oxygens (including phenoxy) is 4. The molecule has 1 aromatic rings. The van der Waals surface area contributed by atoms with Gasteiger partial charge in [0.15, 0.2) is 0 Å². The quantitative estimate of drug-likeness (QED) is 0.532. The summed E-state index contributed by atoms with van der Waals surface area (Å²) in [4.78, 5) is 11.4. The molecule has 0 spiro atoms. The maximum absolute atomic E-state index is 11.4. The Morgan fingerprint density at radius 1 is 1.38 bits per heavy atom. The first-order chi connectivity index (χ1) is 12.7. The number of methoxy groups -OCH3 is 1. The van der Waals surface area contributed by atoms with Gasteiger partial charge in [0.25, 0.3) is 0 Å². The van der Waals surface area contributed by atoms with Crippen molar-refractivity contribution in [2.24, 2.45) is 0 Å². The molecule has 6 heteroatoms. The second-order valence-corrected chi connectivity index (χ2v) is 6.17. The van der Waals surface area contributed by atoms with Crippen LogP contribution in [0.15, 0.2) is 30.3 Å². The Labute approximate surface area is 154 Å². The van der Waals surface area contributed by atoms with E-state index in [1.807, 2.05) is 30.3 Å². The largest absolute Gasteiger partial charge is 0.469 e. The van der Waals surface area contributed by atoms with E-state index in [4.69, 9.17) is 20.6 Å². The minimum absolute atomic E-state index is 0.165. The number of carbonyl (C=O) groups excluding carboxylic acids is 1. The molecule has 0 aliphatic carbocycles. The van der Waals surface area contributed by atoms with Crippen LogP contribution in [0.4, 0.5) is 0 Å². The van der Waals surface area contributed by atoms with E-state index in [1.165, 1.54) is 7.11 Å². The van der Waals surface area contributed by atoms with E-state index in [0.29, 0.717) is 19.4 Å². The maximum atomic E-state index is 11.4. The predicted molar refractivity (Wildman–Crippen MR) is 95.2 cm³/mol. The third kappa shape index (κ3) is 6.43. The van der Waals surface area contributed by atoms with E-state index in [0.717, 1.165) is 5.56 Å². The van der Waals surface area contributed by atoms with Gasteiger partial charge in [-0.25, -0.2) is 0 Å². The zero-order valence-electron chi connectivity index (χ0n) is 15.0. The van der Waals surface area contributed by atoms with E-state index < -0.39 is 12.2 Å². The first kappa shape index (κ1) is 20.4. The molecule has 0 amide bonds. The number of hydrogen-bond donors (Lipinski definition) is 1. The number of esters is 1. The van der Waals surface area contributed by atoms with Gasteiger partial charge in [0.2, 0.25) is 0 Å². The summed E-state index contributed by atoms with van der Waals surface area (Å²) in [5.74, 6) is 2.24. The second-order valence-electron chi connectivity index (χ2n) is 6.17. The fourth-order valence-corrected chi connectivity index (χ4v) is 2.87. The highest BCUT2D eigenvalue weighted by atomic mass is 16.6. The molecule has 4 atom stereocenters. The molecule has 1 aromatic carbocycles. The molecular formula is C20H26O6. The standard InChI is InChI=1S/C20H26O6/c1-3-16(14-24-13-15-7-5-4-6-8-15)25-18-10-9-17(11-20(22)23-2)26-19(18)12-21/h1,4-8,16-19,21H,9-14H2,2H3/t16?,17-,18+,19-/m1/s1. The van der Waals surface area contributed by atoms with Crippen molar-refractivity contribution in [2.75, 3.05) is 20.3 Å². The molecule has 142 valence electrons. The monoisotopic (exact) mass is 362 g/mol. The molecular weight excluding hydrogens is 336 g/mol. The molecule has 26 heavy (non-hydrogen) atoms. The fourth-order valence-electron chi connectivity index (χ4n) is 2.87. The minimum Gasteiger partial charge on any atom is -0.469 e. The Bertz CT molecular complexity index is 582. The molecule has 0 aromatic heterocycles. The van der Waals surface area contributed by atoms with Crippen molar-refractivity contribution in [1.29, 1.82) is 0 Å². The van der Waals surface area contributed by atoms with Crippen LogP contribution in [0, 0.1) is 12.3 Å². The average Bonchev–Trinajstić information content (AvgIpc) is 2.68. The Balaban J connectivity index is 1.79.